The Morgan fingerprint density at radius 1 is 0.933 bits per heavy atom. The zero-order valence-corrected chi connectivity index (χ0v) is 18.0. The summed E-state index contributed by atoms with van der Waals surface area (Å²) >= 11 is 0. The summed E-state index contributed by atoms with van der Waals surface area (Å²) in [6.45, 7) is 2.93. The number of benzene rings is 3. The highest BCUT2D eigenvalue weighted by molar-refractivity contribution is 5.86. The van der Waals surface area contributed by atoms with Crippen molar-refractivity contribution >= 4 is 10.9 Å². The first-order valence-corrected chi connectivity index (χ1v) is 10.2. The molecule has 4 rings (SSSR count). The van der Waals surface area contributed by atoms with Gasteiger partial charge in [-0.05, 0) is 65.4 Å². The van der Waals surface area contributed by atoms with Crippen molar-refractivity contribution in [2.75, 3.05) is 14.2 Å². The van der Waals surface area contributed by atoms with Gasteiger partial charge in [-0.15, -0.1) is 0 Å². The van der Waals surface area contributed by atoms with Gasteiger partial charge in [0.15, 0.2) is 0 Å². The van der Waals surface area contributed by atoms with Gasteiger partial charge in [-0.25, -0.2) is 0 Å². The molecular weight excluding hydrogens is 372 g/mol. The Morgan fingerprint density at radius 2 is 1.80 bits per heavy atom. The number of aromatic nitrogens is 1. The fourth-order valence-electron chi connectivity index (χ4n) is 3.82. The van der Waals surface area contributed by atoms with E-state index in [4.69, 9.17) is 9.47 Å². The molecule has 1 N–H and O–H groups in total. The van der Waals surface area contributed by atoms with E-state index >= 15 is 0 Å². The van der Waals surface area contributed by atoms with E-state index in [1.54, 1.807) is 14.2 Å². The van der Waals surface area contributed by atoms with Gasteiger partial charge < -0.3 is 19.4 Å². The average Bonchev–Trinajstić information content (AvgIpc) is 3.17. The topological polar surface area (TPSA) is 35.4 Å². The Labute approximate surface area is 178 Å². The zero-order chi connectivity index (χ0) is 21.1. The number of nitrogens with one attached hydrogen (secondary N) is 1. The molecule has 0 aliphatic rings. The lowest BCUT2D eigenvalue weighted by Crippen LogP contribution is -2.18. The van der Waals surface area contributed by atoms with Crippen molar-refractivity contribution in [2.45, 2.75) is 19.5 Å². The fourth-order valence-corrected chi connectivity index (χ4v) is 3.82. The van der Waals surface area contributed by atoms with Crippen LogP contribution in [0.3, 0.4) is 0 Å². The smallest absolute Gasteiger partial charge is 0.126 e. The van der Waals surface area contributed by atoms with Crippen molar-refractivity contribution in [2.24, 2.45) is 7.05 Å². The van der Waals surface area contributed by atoms with Gasteiger partial charge in [0.25, 0.3) is 0 Å². The summed E-state index contributed by atoms with van der Waals surface area (Å²) in [7, 11) is 5.50. The standard InChI is InChI=1S/C26H28N2O2/c1-18(21-6-5-7-23(15-21)29-3)27-17-19-8-11-26(30-4)24(14-19)22-10-9-20-12-13-28(2)25(20)16-22/h5-16,18,27H,17H2,1-4H3. The molecule has 0 saturated carbocycles. The molecule has 1 heterocycles. The number of ether oxygens (including phenoxy) is 2. The van der Waals surface area contributed by atoms with Crippen molar-refractivity contribution in [1.29, 1.82) is 0 Å². The number of hydrogen-bond donors (Lipinski definition) is 1. The van der Waals surface area contributed by atoms with Crippen LogP contribution in [0.4, 0.5) is 0 Å². The SMILES string of the molecule is COc1cccc(C(C)NCc2ccc(OC)c(-c3ccc4ccn(C)c4c3)c2)c1. The van der Waals surface area contributed by atoms with E-state index in [1.807, 2.05) is 12.1 Å². The fraction of sp³-hybridized carbons (Fsp3) is 0.231. The third-order valence-corrected chi connectivity index (χ3v) is 5.67. The normalized spacial score (nSPS) is 12.1. The highest BCUT2D eigenvalue weighted by atomic mass is 16.5. The number of fused-ring (bicyclic) bond motifs is 1. The van der Waals surface area contributed by atoms with Crippen molar-refractivity contribution in [3.8, 4) is 22.6 Å². The second-order valence-corrected chi connectivity index (χ2v) is 7.61. The van der Waals surface area contributed by atoms with Crippen molar-refractivity contribution in [1.82, 2.24) is 9.88 Å². The molecule has 30 heavy (non-hydrogen) atoms. The van der Waals surface area contributed by atoms with Crippen LogP contribution in [-0.2, 0) is 13.6 Å². The predicted molar refractivity (Wildman–Crippen MR) is 123 cm³/mol. The van der Waals surface area contributed by atoms with E-state index in [-0.39, 0.29) is 6.04 Å². The van der Waals surface area contributed by atoms with Gasteiger partial charge in [0.05, 0.1) is 14.2 Å². The van der Waals surface area contributed by atoms with Crippen LogP contribution in [0.1, 0.15) is 24.1 Å². The van der Waals surface area contributed by atoms with E-state index in [0.29, 0.717) is 0 Å². The number of rotatable bonds is 7. The molecule has 4 aromatic rings. The quantitative estimate of drug-likeness (QED) is 0.431. The third kappa shape index (κ3) is 4.05. The Balaban J connectivity index is 1.58. The van der Waals surface area contributed by atoms with Crippen LogP contribution < -0.4 is 14.8 Å². The zero-order valence-electron chi connectivity index (χ0n) is 18.0. The lowest BCUT2D eigenvalue weighted by atomic mass is 10.0. The van der Waals surface area contributed by atoms with Crippen LogP contribution in [0.15, 0.2) is 72.9 Å². The third-order valence-electron chi connectivity index (χ3n) is 5.67. The lowest BCUT2D eigenvalue weighted by molar-refractivity contribution is 0.413. The Morgan fingerprint density at radius 3 is 2.60 bits per heavy atom. The van der Waals surface area contributed by atoms with Crippen LogP contribution in [0.25, 0.3) is 22.0 Å². The first-order chi connectivity index (χ1) is 14.6. The number of nitrogens with zero attached hydrogens (tertiary/aromatic N) is 1. The van der Waals surface area contributed by atoms with E-state index in [2.05, 4.69) is 84.6 Å². The summed E-state index contributed by atoms with van der Waals surface area (Å²) in [4.78, 5) is 0. The van der Waals surface area contributed by atoms with Crippen LogP contribution in [0, 0.1) is 0 Å². The summed E-state index contributed by atoms with van der Waals surface area (Å²) in [6.07, 6.45) is 2.09. The Bertz CT molecular complexity index is 1160. The van der Waals surface area contributed by atoms with Gasteiger partial charge >= 0.3 is 0 Å². The molecule has 0 aliphatic heterocycles. The molecular formula is C26H28N2O2. The molecule has 1 unspecified atom stereocenters. The lowest BCUT2D eigenvalue weighted by Gasteiger charge is -2.17. The number of aryl methyl sites for hydroxylation is 1. The Hall–Kier alpha value is -3.24. The molecule has 154 valence electrons. The summed E-state index contributed by atoms with van der Waals surface area (Å²) in [5.74, 6) is 1.76. The maximum Gasteiger partial charge on any atom is 0.126 e. The van der Waals surface area contributed by atoms with Gasteiger partial charge in [0.2, 0.25) is 0 Å². The van der Waals surface area contributed by atoms with E-state index < -0.39 is 0 Å². The van der Waals surface area contributed by atoms with Gasteiger partial charge in [0.1, 0.15) is 11.5 Å². The molecule has 0 saturated heterocycles. The maximum absolute atomic E-state index is 5.66. The largest absolute Gasteiger partial charge is 0.497 e. The molecule has 4 nitrogen and oxygen atoms in total. The van der Waals surface area contributed by atoms with E-state index in [9.17, 15) is 0 Å². The number of methoxy groups -OCH3 is 2. The first-order valence-electron chi connectivity index (χ1n) is 10.2. The molecule has 1 atom stereocenters. The predicted octanol–water partition coefficient (Wildman–Crippen LogP) is 5.71. The molecule has 0 amide bonds. The monoisotopic (exact) mass is 400 g/mol. The van der Waals surface area contributed by atoms with Crippen molar-refractivity contribution in [3.05, 3.63) is 84.1 Å². The second kappa shape index (κ2) is 8.64. The summed E-state index contributed by atoms with van der Waals surface area (Å²) in [5, 5.41) is 4.86. The van der Waals surface area contributed by atoms with E-state index in [0.717, 1.165) is 29.2 Å². The molecule has 0 spiro atoms. The summed E-state index contributed by atoms with van der Waals surface area (Å²) in [6, 6.07) is 23.5. The molecule has 0 fully saturated rings. The van der Waals surface area contributed by atoms with Gasteiger partial charge in [-0.1, -0.05) is 30.3 Å². The van der Waals surface area contributed by atoms with Crippen LogP contribution >= 0.6 is 0 Å². The van der Waals surface area contributed by atoms with Gasteiger partial charge in [-0.2, -0.15) is 0 Å². The molecule has 0 bridgehead atoms. The van der Waals surface area contributed by atoms with Crippen LogP contribution in [0.2, 0.25) is 0 Å². The first kappa shape index (κ1) is 20.0. The minimum absolute atomic E-state index is 0.213. The molecule has 1 aromatic heterocycles. The van der Waals surface area contributed by atoms with Crippen molar-refractivity contribution in [3.63, 3.8) is 0 Å². The van der Waals surface area contributed by atoms with Crippen LogP contribution in [0.5, 0.6) is 11.5 Å². The number of hydrogen-bond acceptors (Lipinski definition) is 3. The van der Waals surface area contributed by atoms with Crippen LogP contribution in [-0.4, -0.2) is 18.8 Å². The van der Waals surface area contributed by atoms with Crippen molar-refractivity contribution < 1.29 is 9.47 Å². The molecule has 4 heteroatoms. The summed E-state index contributed by atoms with van der Waals surface area (Å²) < 4.78 is 13.2. The second-order valence-electron chi connectivity index (χ2n) is 7.61. The maximum atomic E-state index is 5.66. The minimum Gasteiger partial charge on any atom is -0.497 e. The molecule has 0 aliphatic carbocycles. The highest BCUT2D eigenvalue weighted by Crippen LogP contribution is 2.33. The van der Waals surface area contributed by atoms with Gasteiger partial charge in [-0.3, -0.25) is 0 Å². The highest BCUT2D eigenvalue weighted by Gasteiger charge is 2.11. The molecule has 0 radical (unpaired) electrons. The van der Waals surface area contributed by atoms with E-state index in [1.165, 1.54) is 22.0 Å². The minimum atomic E-state index is 0.213. The Kier molecular flexibility index (Phi) is 5.77. The average molecular weight is 401 g/mol. The molecule has 3 aromatic carbocycles. The van der Waals surface area contributed by atoms with Gasteiger partial charge in [0, 0.05) is 36.9 Å². The summed E-state index contributed by atoms with van der Waals surface area (Å²) in [5.41, 5.74) is 5.90.